The molecule has 20 heavy (non-hydrogen) atoms. The zero-order valence-corrected chi connectivity index (χ0v) is 10.5. The normalized spacial score (nSPS) is 9.60. The maximum absolute atomic E-state index is 10.8. The number of carbonyl (C=O) groups is 1. The van der Waals surface area contributed by atoms with Crippen LogP contribution in [0, 0.1) is 11.3 Å². The third-order valence-electron chi connectivity index (χ3n) is 2.44. The standard InChI is InChI=1S/C14H10N2O4/c1-19-11-2-9(6-15)3-12(5-11)20-13-4-10(14(17)18)7-16-8-13/h2-5,7-8H,1H3,(H,17,18). The summed E-state index contributed by atoms with van der Waals surface area (Å²) in [6.45, 7) is 0. The molecule has 0 aliphatic rings. The minimum absolute atomic E-state index is 0.0194. The van der Waals surface area contributed by atoms with Crippen LogP contribution in [0.3, 0.4) is 0 Å². The number of rotatable bonds is 4. The van der Waals surface area contributed by atoms with Crippen molar-refractivity contribution in [3.63, 3.8) is 0 Å². The Kier molecular flexibility index (Phi) is 3.82. The van der Waals surface area contributed by atoms with E-state index in [2.05, 4.69) is 4.98 Å². The first-order valence-corrected chi connectivity index (χ1v) is 5.58. The number of ether oxygens (including phenoxy) is 2. The van der Waals surface area contributed by atoms with Crippen molar-refractivity contribution < 1.29 is 19.4 Å². The molecular weight excluding hydrogens is 260 g/mol. The maximum atomic E-state index is 10.8. The van der Waals surface area contributed by atoms with Crippen LogP contribution in [0.1, 0.15) is 15.9 Å². The van der Waals surface area contributed by atoms with Gasteiger partial charge in [0.2, 0.25) is 0 Å². The van der Waals surface area contributed by atoms with Crippen molar-refractivity contribution in [1.29, 1.82) is 5.26 Å². The van der Waals surface area contributed by atoms with Crippen molar-refractivity contribution >= 4 is 5.97 Å². The zero-order valence-electron chi connectivity index (χ0n) is 10.5. The molecule has 6 nitrogen and oxygen atoms in total. The molecule has 2 rings (SSSR count). The Balaban J connectivity index is 2.32. The molecule has 1 N–H and O–H groups in total. The Bertz CT molecular complexity index is 692. The fourth-order valence-corrected chi connectivity index (χ4v) is 1.54. The zero-order chi connectivity index (χ0) is 14.5. The number of methoxy groups -OCH3 is 1. The number of benzene rings is 1. The summed E-state index contributed by atoms with van der Waals surface area (Å²) in [5, 5.41) is 17.8. The number of nitrogens with zero attached hydrogens (tertiary/aromatic N) is 2. The number of pyridine rings is 1. The van der Waals surface area contributed by atoms with E-state index in [-0.39, 0.29) is 11.3 Å². The average molecular weight is 270 g/mol. The van der Waals surface area contributed by atoms with Crippen LogP contribution < -0.4 is 9.47 Å². The van der Waals surface area contributed by atoms with Crippen molar-refractivity contribution in [2.24, 2.45) is 0 Å². The van der Waals surface area contributed by atoms with E-state index in [1.807, 2.05) is 6.07 Å². The van der Waals surface area contributed by atoms with E-state index in [4.69, 9.17) is 19.8 Å². The van der Waals surface area contributed by atoms with E-state index in [9.17, 15) is 4.79 Å². The molecule has 0 aliphatic carbocycles. The van der Waals surface area contributed by atoms with E-state index in [1.54, 1.807) is 12.1 Å². The molecule has 0 saturated carbocycles. The highest BCUT2D eigenvalue weighted by molar-refractivity contribution is 5.87. The van der Waals surface area contributed by atoms with Crippen LogP contribution in [-0.2, 0) is 0 Å². The Hall–Kier alpha value is -3.07. The fraction of sp³-hybridized carbons (Fsp3) is 0.0714. The first-order valence-electron chi connectivity index (χ1n) is 5.58. The average Bonchev–Trinajstić information content (AvgIpc) is 2.47. The molecule has 0 bridgehead atoms. The van der Waals surface area contributed by atoms with Gasteiger partial charge in [0, 0.05) is 12.3 Å². The largest absolute Gasteiger partial charge is 0.497 e. The van der Waals surface area contributed by atoms with Crippen molar-refractivity contribution in [2.45, 2.75) is 0 Å². The summed E-state index contributed by atoms with van der Waals surface area (Å²) in [6.07, 6.45) is 2.61. The van der Waals surface area contributed by atoms with Gasteiger partial charge in [0.15, 0.2) is 0 Å². The highest BCUT2D eigenvalue weighted by Crippen LogP contribution is 2.27. The number of hydrogen-bond acceptors (Lipinski definition) is 5. The van der Waals surface area contributed by atoms with Crippen molar-refractivity contribution in [3.05, 3.63) is 47.8 Å². The number of hydrogen-bond donors (Lipinski definition) is 1. The fourth-order valence-electron chi connectivity index (χ4n) is 1.54. The van der Waals surface area contributed by atoms with Crippen LogP contribution in [0.4, 0.5) is 0 Å². The lowest BCUT2D eigenvalue weighted by molar-refractivity contribution is 0.0696. The molecule has 0 aliphatic heterocycles. The summed E-state index contributed by atoms with van der Waals surface area (Å²) < 4.78 is 10.6. The third-order valence-corrected chi connectivity index (χ3v) is 2.44. The van der Waals surface area contributed by atoms with E-state index in [0.29, 0.717) is 17.1 Å². The van der Waals surface area contributed by atoms with Gasteiger partial charge in [0.05, 0.1) is 30.5 Å². The molecule has 0 atom stereocenters. The Morgan fingerprint density at radius 3 is 2.60 bits per heavy atom. The second-order valence-corrected chi connectivity index (χ2v) is 3.83. The predicted molar refractivity (Wildman–Crippen MR) is 69.0 cm³/mol. The minimum atomic E-state index is -1.09. The quantitative estimate of drug-likeness (QED) is 0.917. The van der Waals surface area contributed by atoms with Gasteiger partial charge in [-0.2, -0.15) is 5.26 Å². The van der Waals surface area contributed by atoms with E-state index in [0.717, 1.165) is 0 Å². The topological polar surface area (TPSA) is 92.4 Å². The summed E-state index contributed by atoms with van der Waals surface area (Å²) in [4.78, 5) is 14.6. The molecule has 0 unspecified atom stereocenters. The number of nitriles is 1. The summed E-state index contributed by atoms with van der Waals surface area (Å²) in [7, 11) is 1.48. The lowest BCUT2D eigenvalue weighted by atomic mass is 10.2. The van der Waals surface area contributed by atoms with Crippen LogP contribution in [-0.4, -0.2) is 23.2 Å². The number of carboxylic acid groups (broad SMARTS) is 1. The molecule has 1 aromatic heterocycles. The molecule has 0 spiro atoms. The number of aromatic carboxylic acids is 1. The third kappa shape index (κ3) is 3.03. The smallest absolute Gasteiger partial charge is 0.337 e. The monoisotopic (exact) mass is 270 g/mol. The molecule has 0 saturated heterocycles. The summed E-state index contributed by atoms with van der Waals surface area (Å²) in [5.74, 6) is 0.0139. The number of aromatic nitrogens is 1. The first-order chi connectivity index (χ1) is 9.62. The van der Waals surface area contributed by atoms with Crippen LogP contribution in [0.15, 0.2) is 36.7 Å². The van der Waals surface area contributed by atoms with Crippen LogP contribution in [0.5, 0.6) is 17.2 Å². The lowest BCUT2D eigenvalue weighted by Gasteiger charge is -2.08. The molecule has 6 heteroatoms. The van der Waals surface area contributed by atoms with E-state index in [1.165, 1.54) is 31.6 Å². The van der Waals surface area contributed by atoms with Crippen molar-refractivity contribution in [1.82, 2.24) is 4.98 Å². The van der Waals surface area contributed by atoms with E-state index >= 15 is 0 Å². The second kappa shape index (κ2) is 5.71. The second-order valence-electron chi connectivity index (χ2n) is 3.83. The SMILES string of the molecule is COc1cc(C#N)cc(Oc2cncc(C(=O)O)c2)c1. The van der Waals surface area contributed by atoms with Gasteiger partial charge in [-0.3, -0.25) is 4.98 Å². The van der Waals surface area contributed by atoms with Gasteiger partial charge in [0.1, 0.15) is 17.2 Å². The van der Waals surface area contributed by atoms with Crippen LogP contribution >= 0.6 is 0 Å². The first kappa shape index (κ1) is 13.4. The molecular formula is C14H10N2O4. The molecule has 2 aromatic rings. The Morgan fingerprint density at radius 2 is 1.95 bits per heavy atom. The predicted octanol–water partition coefficient (Wildman–Crippen LogP) is 2.45. The maximum Gasteiger partial charge on any atom is 0.337 e. The number of carboxylic acids is 1. The van der Waals surface area contributed by atoms with E-state index < -0.39 is 5.97 Å². The van der Waals surface area contributed by atoms with Crippen molar-refractivity contribution in [2.75, 3.05) is 7.11 Å². The molecule has 0 fully saturated rings. The van der Waals surface area contributed by atoms with Gasteiger partial charge in [-0.05, 0) is 18.2 Å². The van der Waals surface area contributed by atoms with Crippen molar-refractivity contribution in [3.8, 4) is 23.3 Å². The molecule has 1 heterocycles. The Morgan fingerprint density at radius 1 is 1.20 bits per heavy atom. The highest BCUT2D eigenvalue weighted by atomic mass is 16.5. The lowest BCUT2D eigenvalue weighted by Crippen LogP contribution is -1.97. The van der Waals surface area contributed by atoms with Gasteiger partial charge in [-0.25, -0.2) is 4.79 Å². The Labute approximate surface area is 114 Å². The highest BCUT2D eigenvalue weighted by Gasteiger charge is 2.07. The molecule has 100 valence electrons. The summed E-state index contributed by atoms with van der Waals surface area (Å²) in [6, 6.07) is 8.02. The minimum Gasteiger partial charge on any atom is -0.497 e. The van der Waals surface area contributed by atoms with Gasteiger partial charge >= 0.3 is 5.97 Å². The summed E-state index contributed by atoms with van der Waals surface area (Å²) in [5.41, 5.74) is 0.396. The van der Waals surface area contributed by atoms with Gasteiger partial charge in [-0.15, -0.1) is 0 Å². The molecule has 0 radical (unpaired) electrons. The molecule has 0 amide bonds. The van der Waals surface area contributed by atoms with Gasteiger partial charge in [-0.1, -0.05) is 0 Å². The van der Waals surface area contributed by atoms with Crippen LogP contribution in [0.2, 0.25) is 0 Å². The van der Waals surface area contributed by atoms with Crippen LogP contribution in [0.25, 0.3) is 0 Å². The summed E-state index contributed by atoms with van der Waals surface area (Å²) >= 11 is 0. The van der Waals surface area contributed by atoms with Gasteiger partial charge < -0.3 is 14.6 Å². The molecule has 1 aromatic carbocycles. The van der Waals surface area contributed by atoms with Gasteiger partial charge in [0.25, 0.3) is 0 Å².